The molecule has 1 rings (SSSR count). The lowest BCUT2D eigenvalue weighted by Gasteiger charge is -2.21. The first-order chi connectivity index (χ1) is 6.61. The number of carboxylic acids is 1. The van der Waals surface area contributed by atoms with E-state index in [0.717, 1.165) is 5.56 Å². The van der Waals surface area contributed by atoms with Crippen molar-refractivity contribution in [2.45, 2.75) is 19.4 Å². The van der Waals surface area contributed by atoms with E-state index in [-0.39, 0.29) is 6.04 Å². The second-order valence-corrected chi connectivity index (χ2v) is 3.47. The monoisotopic (exact) mass is 192 g/mol. The van der Waals surface area contributed by atoms with E-state index in [1.165, 1.54) is 0 Å². The molecule has 2 unspecified atom stereocenters. The summed E-state index contributed by atoms with van der Waals surface area (Å²) in [5.74, 6) is -1.69. The van der Waals surface area contributed by atoms with Gasteiger partial charge < -0.3 is 15.6 Å². The van der Waals surface area contributed by atoms with Crippen LogP contribution in [0.5, 0.6) is 0 Å². The highest BCUT2D eigenvalue weighted by Gasteiger charge is 2.15. The first-order valence-electron chi connectivity index (χ1n) is 4.61. The van der Waals surface area contributed by atoms with Crippen LogP contribution >= 0.6 is 0 Å². The first-order valence-corrected chi connectivity index (χ1v) is 4.61. The summed E-state index contributed by atoms with van der Waals surface area (Å²) in [4.78, 5) is 10.8. The summed E-state index contributed by atoms with van der Waals surface area (Å²) < 4.78 is 0. The molecule has 0 spiro atoms. The van der Waals surface area contributed by atoms with E-state index in [9.17, 15) is 9.90 Å². The van der Waals surface area contributed by atoms with E-state index in [1.54, 1.807) is 6.92 Å². The van der Waals surface area contributed by atoms with Crippen LogP contribution in [0.3, 0.4) is 0 Å². The summed E-state index contributed by atoms with van der Waals surface area (Å²) in [6, 6.07) is 9.03. The molecule has 2 atom stereocenters. The Labute approximate surface area is 83.6 Å². The summed E-state index contributed by atoms with van der Waals surface area (Å²) in [7, 11) is 0. The highest BCUT2D eigenvalue weighted by Crippen LogP contribution is 2.10. The lowest BCUT2D eigenvalue weighted by atomic mass is 9.94. The van der Waals surface area contributed by atoms with Crippen molar-refractivity contribution in [3.8, 4) is 0 Å². The highest BCUT2D eigenvalue weighted by molar-refractivity contribution is 5.69. The second kappa shape index (κ2) is 4.77. The number of rotatable bonds is 4. The number of aliphatic carboxylic acids is 1. The minimum absolute atomic E-state index is 0.389. The lowest BCUT2D eigenvalue weighted by Crippen LogP contribution is -2.42. The number of carbonyl (C=O) groups excluding carboxylic acids is 1. The molecule has 0 saturated carbocycles. The quantitative estimate of drug-likeness (QED) is 0.727. The van der Waals surface area contributed by atoms with Gasteiger partial charge in [-0.25, -0.2) is 0 Å². The normalized spacial score (nSPS) is 14.7. The van der Waals surface area contributed by atoms with Crippen LogP contribution in [0.2, 0.25) is 0 Å². The molecule has 0 fully saturated rings. The molecule has 76 valence electrons. The summed E-state index contributed by atoms with van der Waals surface area (Å²) >= 11 is 0. The standard InChI is InChI=1S/C11H15NO2/c1-8(12)10(11(13)14)7-9-5-3-2-4-6-9/h2-6,8,10H,7,12H2,1H3,(H,13,14)/p-1. The largest absolute Gasteiger partial charge is 0.550 e. The van der Waals surface area contributed by atoms with Crippen LogP contribution in [-0.2, 0) is 11.2 Å². The van der Waals surface area contributed by atoms with Crippen molar-refractivity contribution in [1.82, 2.24) is 0 Å². The van der Waals surface area contributed by atoms with E-state index in [1.807, 2.05) is 30.3 Å². The van der Waals surface area contributed by atoms with Crippen molar-refractivity contribution in [2.75, 3.05) is 0 Å². The van der Waals surface area contributed by atoms with E-state index >= 15 is 0 Å². The zero-order valence-electron chi connectivity index (χ0n) is 8.14. The maximum atomic E-state index is 10.8. The molecular formula is C11H14NO2-. The van der Waals surface area contributed by atoms with Crippen molar-refractivity contribution >= 4 is 5.97 Å². The van der Waals surface area contributed by atoms with Gasteiger partial charge in [-0.05, 0) is 18.9 Å². The molecular weight excluding hydrogens is 178 g/mol. The highest BCUT2D eigenvalue weighted by atomic mass is 16.4. The molecule has 0 saturated heterocycles. The fourth-order valence-corrected chi connectivity index (χ4v) is 1.35. The molecule has 0 aromatic heterocycles. The Morgan fingerprint density at radius 1 is 1.43 bits per heavy atom. The van der Waals surface area contributed by atoms with Gasteiger partial charge in [0.1, 0.15) is 0 Å². The summed E-state index contributed by atoms with van der Waals surface area (Å²) in [5, 5.41) is 10.8. The van der Waals surface area contributed by atoms with E-state index in [4.69, 9.17) is 5.73 Å². The summed E-state index contributed by atoms with van der Waals surface area (Å²) in [5.41, 5.74) is 6.54. The minimum atomic E-state index is -1.08. The van der Waals surface area contributed by atoms with Gasteiger partial charge in [0.2, 0.25) is 0 Å². The van der Waals surface area contributed by atoms with Gasteiger partial charge in [-0.1, -0.05) is 30.3 Å². The van der Waals surface area contributed by atoms with Crippen LogP contribution in [0.4, 0.5) is 0 Å². The second-order valence-electron chi connectivity index (χ2n) is 3.47. The predicted molar refractivity (Wildman–Crippen MR) is 52.3 cm³/mol. The van der Waals surface area contributed by atoms with Crippen LogP contribution in [0.15, 0.2) is 30.3 Å². The van der Waals surface area contributed by atoms with Crippen LogP contribution in [0, 0.1) is 5.92 Å². The minimum Gasteiger partial charge on any atom is -0.550 e. The molecule has 2 N–H and O–H groups in total. The van der Waals surface area contributed by atoms with Gasteiger partial charge in [0.15, 0.2) is 0 Å². The smallest absolute Gasteiger partial charge is 0.0464 e. The van der Waals surface area contributed by atoms with Crippen molar-refractivity contribution in [3.05, 3.63) is 35.9 Å². The fraction of sp³-hybridized carbons (Fsp3) is 0.364. The third-order valence-corrected chi connectivity index (χ3v) is 2.24. The predicted octanol–water partition coefficient (Wildman–Crippen LogP) is -0.0576. The van der Waals surface area contributed by atoms with Crippen molar-refractivity contribution in [1.29, 1.82) is 0 Å². The molecule has 0 aliphatic carbocycles. The Balaban J connectivity index is 2.70. The van der Waals surface area contributed by atoms with Crippen LogP contribution < -0.4 is 10.8 Å². The number of carboxylic acid groups (broad SMARTS) is 1. The molecule has 0 aliphatic rings. The SMILES string of the molecule is CC(N)C(Cc1ccccc1)C(=O)[O-]. The van der Waals surface area contributed by atoms with Crippen LogP contribution in [-0.4, -0.2) is 12.0 Å². The molecule has 0 bridgehead atoms. The zero-order chi connectivity index (χ0) is 10.6. The third-order valence-electron chi connectivity index (χ3n) is 2.24. The average Bonchev–Trinajstić information content (AvgIpc) is 2.15. The number of carbonyl (C=O) groups is 1. The molecule has 0 heterocycles. The molecule has 1 aromatic rings. The Morgan fingerprint density at radius 2 is 2.00 bits per heavy atom. The topological polar surface area (TPSA) is 66.2 Å². The molecule has 3 nitrogen and oxygen atoms in total. The maximum Gasteiger partial charge on any atom is 0.0464 e. The molecule has 14 heavy (non-hydrogen) atoms. The van der Waals surface area contributed by atoms with Gasteiger partial charge in [0.05, 0.1) is 0 Å². The Kier molecular flexibility index (Phi) is 3.65. The van der Waals surface area contributed by atoms with Crippen molar-refractivity contribution < 1.29 is 9.90 Å². The van der Waals surface area contributed by atoms with Gasteiger partial charge in [-0.15, -0.1) is 0 Å². The summed E-state index contributed by atoms with van der Waals surface area (Å²) in [6.45, 7) is 1.68. The average molecular weight is 192 g/mol. The van der Waals surface area contributed by atoms with Crippen LogP contribution in [0.25, 0.3) is 0 Å². The van der Waals surface area contributed by atoms with E-state index < -0.39 is 11.9 Å². The van der Waals surface area contributed by atoms with E-state index in [0.29, 0.717) is 6.42 Å². The summed E-state index contributed by atoms with van der Waals surface area (Å²) in [6.07, 6.45) is 0.431. The van der Waals surface area contributed by atoms with Gasteiger partial charge in [-0.3, -0.25) is 0 Å². The molecule has 3 heteroatoms. The maximum absolute atomic E-state index is 10.8. The fourth-order valence-electron chi connectivity index (χ4n) is 1.35. The van der Waals surface area contributed by atoms with Gasteiger partial charge in [-0.2, -0.15) is 0 Å². The van der Waals surface area contributed by atoms with Crippen LogP contribution in [0.1, 0.15) is 12.5 Å². The number of benzene rings is 1. The van der Waals surface area contributed by atoms with Crippen molar-refractivity contribution in [3.63, 3.8) is 0 Å². The third kappa shape index (κ3) is 2.85. The number of hydrogen-bond donors (Lipinski definition) is 1. The molecule has 0 aliphatic heterocycles. The zero-order valence-corrected chi connectivity index (χ0v) is 8.14. The molecule has 0 amide bonds. The lowest BCUT2D eigenvalue weighted by molar-refractivity contribution is -0.312. The number of nitrogens with two attached hydrogens (primary N) is 1. The van der Waals surface area contributed by atoms with E-state index in [2.05, 4.69) is 0 Å². The Hall–Kier alpha value is -1.35. The Bertz CT molecular complexity index is 295. The van der Waals surface area contributed by atoms with Crippen molar-refractivity contribution in [2.24, 2.45) is 11.7 Å². The Morgan fingerprint density at radius 3 is 2.43 bits per heavy atom. The molecule has 1 aromatic carbocycles. The van der Waals surface area contributed by atoms with Gasteiger partial charge in [0.25, 0.3) is 0 Å². The molecule has 0 radical (unpaired) electrons. The van der Waals surface area contributed by atoms with Gasteiger partial charge in [0, 0.05) is 17.9 Å². The number of hydrogen-bond acceptors (Lipinski definition) is 3. The first kappa shape index (κ1) is 10.7. The van der Waals surface area contributed by atoms with Gasteiger partial charge >= 0.3 is 0 Å².